The molecular formula is C25H31F3N2O9. The number of hydrogen-bond donors (Lipinski definition) is 4. The summed E-state index contributed by atoms with van der Waals surface area (Å²) in [5.74, 6) is -5.56. The molecule has 4 N–H and O–H groups in total. The molecule has 0 amide bonds. The molecule has 5 rings (SSSR count). The Kier molecular flexibility index (Phi) is 7.06. The number of H-pyrrole nitrogens is 1. The van der Waals surface area contributed by atoms with Crippen LogP contribution >= 0.6 is 0 Å². The standard InChI is InChI=1S/C23H31N2O7.C2HF3O2/c1-21(2)18(32-23-19(17(26)12-30-23)31-20(27)22(21,23)28)11-16-14(9-10-25(3,4)29)13-7-5-6-8-15(13)24-16;3-2(4,5)1(6)7/h5-8,17-19,24,26,28-29H,9-12H2,1-4H3;(H,6,7)/q+1;/p-1/t17-,18-,19+,22-,23+;/m0./s1. The van der Waals surface area contributed by atoms with Gasteiger partial charge in [0, 0.05) is 34.9 Å². The van der Waals surface area contributed by atoms with Gasteiger partial charge in [-0.3, -0.25) is 0 Å². The molecule has 39 heavy (non-hydrogen) atoms. The monoisotopic (exact) mass is 560 g/mol. The highest BCUT2D eigenvalue weighted by atomic mass is 19.4. The minimum atomic E-state index is -5.19. The predicted molar refractivity (Wildman–Crippen MR) is 124 cm³/mol. The summed E-state index contributed by atoms with van der Waals surface area (Å²) >= 11 is 0. The first-order valence-electron chi connectivity index (χ1n) is 12.2. The van der Waals surface area contributed by atoms with E-state index in [0.717, 1.165) is 22.2 Å². The molecule has 2 aromatic rings. The number of ether oxygens (including phenoxy) is 3. The van der Waals surface area contributed by atoms with Crippen molar-refractivity contribution in [1.29, 1.82) is 0 Å². The third kappa shape index (κ3) is 4.68. The van der Waals surface area contributed by atoms with Crippen molar-refractivity contribution in [3.05, 3.63) is 35.5 Å². The zero-order chi connectivity index (χ0) is 29.2. The molecule has 3 aliphatic rings. The maximum atomic E-state index is 12.8. The summed E-state index contributed by atoms with van der Waals surface area (Å²) in [6.45, 7) is 3.96. The molecule has 0 aliphatic carbocycles. The summed E-state index contributed by atoms with van der Waals surface area (Å²) in [7, 11) is 3.45. The van der Waals surface area contributed by atoms with E-state index in [0.29, 0.717) is 19.4 Å². The lowest BCUT2D eigenvalue weighted by Gasteiger charge is -2.35. The first-order chi connectivity index (χ1) is 17.8. The second-order valence-corrected chi connectivity index (χ2v) is 11.1. The van der Waals surface area contributed by atoms with E-state index in [1.807, 2.05) is 24.3 Å². The number of aliphatic hydroxyl groups is 2. The number of aromatic nitrogens is 1. The van der Waals surface area contributed by atoms with Crippen LogP contribution in [0.25, 0.3) is 10.9 Å². The highest BCUT2D eigenvalue weighted by Gasteiger charge is 2.84. The summed E-state index contributed by atoms with van der Waals surface area (Å²) in [4.78, 5) is 25.0. The number of aromatic amines is 1. The molecule has 3 fully saturated rings. The van der Waals surface area contributed by atoms with Crippen molar-refractivity contribution in [2.75, 3.05) is 27.2 Å². The lowest BCUT2D eigenvalue weighted by Crippen LogP contribution is -2.60. The van der Waals surface area contributed by atoms with Crippen LogP contribution in [0.5, 0.6) is 0 Å². The molecule has 3 saturated heterocycles. The summed E-state index contributed by atoms with van der Waals surface area (Å²) in [6, 6.07) is 7.95. The first-order valence-corrected chi connectivity index (χ1v) is 12.2. The number of carboxylic acid groups (broad SMARTS) is 1. The van der Waals surface area contributed by atoms with Gasteiger partial charge in [-0.05, 0) is 11.6 Å². The molecule has 216 valence electrons. The van der Waals surface area contributed by atoms with Crippen molar-refractivity contribution in [2.24, 2.45) is 5.41 Å². The summed E-state index contributed by atoms with van der Waals surface area (Å²) in [5.41, 5.74) is -0.139. The Balaban J connectivity index is 0.000000448. The van der Waals surface area contributed by atoms with Crippen LogP contribution in [0.15, 0.2) is 24.3 Å². The van der Waals surface area contributed by atoms with Gasteiger partial charge in [-0.15, -0.1) is 0 Å². The number of hydrogen-bond acceptors (Lipinski definition) is 9. The Hall–Kier alpha value is -2.75. The third-order valence-electron chi connectivity index (χ3n) is 7.71. The molecular weight excluding hydrogens is 529 g/mol. The molecule has 0 unspecified atom stereocenters. The molecule has 1 aromatic heterocycles. The van der Waals surface area contributed by atoms with E-state index in [2.05, 4.69) is 4.98 Å². The molecule has 14 heteroatoms. The number of likely N-dealkylation sites (N-methyl/N-ethyl adjacent to an activating group) is 1. The van der Waals surface area contributed by atoms with Gasteiger partial charge in [0.1, 0.15) is 18.6 Å². The maximum Gasteiger partial charge on any atom is 0.430 e. The smallest absolute Gasteiger partial charge is 0.430 e. The summed E-state index contributed by atoms with van der Waals surface area (Å²) < 4.78 is 48.8. The van der Waals surface area contributed by atoms with Gasteiger partial charge < -0.3 is 39.3 Å². The number of hydroxylamine groups is 3. The Morgan fingerprint density at radius 3 is 2.46 bits per heavy atom. The Morgan fingerprint density at radius 1 is 1.26 bits per heavy atom. The number of rotatable bonds is 5. The number of esters is 1. The van der Waals surface area contributed by atoms with Crippen molar-refractivity contribution < 1.29 is 62.1 Å². The van der Waals surface area contributed by atoms with Crippen LogP contribution in [0.2, 0.25) is 0 Å². The van der Waals surface area contributed by atoms with Crippen LogP contribution in [-0.2, 0) is 36.6 Å². The minimum absolute atomic E-state index is 0.0792. The molecule has 1 spiro atoms. The van der Waals surface area contributed by atoms with Crippen LogP contribution in [0, 0.1) is 5.41 Å². The highest BCUT2D eigenvalue weighted by molar-refractivity contribution is 5.86. The van der Waals surface area contributed by atoms with Crippen molar-refractivity contribution in [3.63, 3.8) is 0 Å². The SMILES string of the molecule is CC1(C)[C@H](Cc2[nH]c3ccccc3c2CC[N+](C)(C)O)O[C@]23OC[C@H](O)[C@H]2OC(=O)[C@]13O.O=C([O-])C(F)(F)F. The third-order valence-corrected chi connectivity index (χ3v) is 7.71. The molecule has 11 nitrogen and oxygen atoms in total. The molecule has 1 aromatic carbocycles. The zero-order valence-corrected chi connectivity index (χ0v) is 21.7. The van der Waals surface area contributed by atoms with Crippen molar-refractivity contribution in [2.45, 2.75) is 62.6 Å². The highest BCUT2D eigenvalue weighted by Crippen LogP contribution is 2.61. The summed E-state index contributed by atoms with van der Waals surface area (Å²) in [5, 5.41) is 41.9. The number of nitrogens with one attached hydrogen (secondary N) is 1. The average Bonchev–Trinajstić information content (AvgIpc) is 3.44. The molecule has 0 bridgehead atoms. The van der Waals surface area contributed by atoms with Gasteiger partial charge in [0.15, 0.2) is 6.10 Å². The number of fused-ring (bicyclic) bond motifs is 1. The number of benzene rings is 1. The number of carboxylic acids is 1. The Bertz CT molecular complexity index is 1270. The van der Waals surface area contributed by atoms with Crippen molar-refractivity contribution in [1.82, 2.24) is 4.98 Å². The fourth-order valence-corrected chi connectivity index (χ4v) is 5.51. The number of halogens is 3. The van der Waals surface area contributed by atoms with Gasteiger partial charge in [0.05, 0.1) is 26.8 Å². The van der Waals surface area contributed by atoms with Crippen LogP contribution in [0.3, 0.4) is 0 Å². The number of aliphatic hydroxyl groups excluding tert-OH is 1. The fourth-order valence-electron chi connectivity index (χ4n) is 5.51. The molecule has 0 saturated carbocycles. The van der Waals surface area contributed by atoms with Gasteiger partial charge in [-0.25, -0.2) is 10.0 Å². The molecule has 3 aliphatic heterocycles. The fraction of sp³-hybridized carbons (Fsp3) is 0.600. The van der Waals surface area contributed by atoms with E-state index in [4.69, 9.17) is 24.1 Å². The number of nitrogens with zero attached hydrogens (tertiary/aromatic N) is 1. The lowest BCUT2D eigenvalue weighted by atomic mass is 9.68. The van der Waals surface area contributed by atoms with Crippen molar-refractivity contribution in [3.8, 4) is 0 Å². The second-order valence-electron chi connectivity index (χ2n) is 11.1. The molecule has 0 radical (unpaired) electrons. The largest absolute Gasteiger partial charge is 0.542 e. The predicted octanol–water partition coefficient (Wildman–Crippen LogP) is 0.186. The Labute approximate surface area is 221 Å². The molecule has 4 heterocycles. The number of carbonyl (C=O) groups excluding carboxylic acids is 2. The van der Waals surface area contributed by atoms with Crippen LogP contribution in [0.4, 0.5) is 13.2 Å². The van der Waals surface area contributed by atoms with E-state index < -0.39 is 53.2 Å². The van der Waals surface area contributed by atoms with E-state index in [9.17, 15) is 33.4 Å². The number of carbonyl (C=O) groups is 2. The second kappa shape index (κ2) is 9.42. The normalized spacial score (nSPS) is 31.4. The topological polar surface area (TPSA) is 161 Å². The average molecular weight is 561 g/mol. The lowest BCUT2D eigenvalue weighted by molar-refractivity contribution is -1.07. The minimum Gasteiger partial charge on any atom is -0.542 e. The molecule has 5 atom stereocenters. The van der Waals surface area contributed by atoms with Crippen LogP contribution in [-0.4, -0.2) is 100 Å². The van der Waals surface area contributed by atoms with Gasteiger partial charge in [-0.1, -0.05) is 32.0 Å². The Morgan fingerprint density at radius 2 is 1.87 bits per heavy atom. The van der Waals surface area contributed by atoms with Gasteiger partial charge >= 0.3 is 12.1 Å². The van der Waals surface area contributed by atoms with E-state index >= 15 is 0 Å². The number of quaternary nitrogens is 1. The number of alkyl halides is 3. The number of aliphatic carboxylic acids is 1. The zero-order valence-electron chi connectivity index (χ0n) is 21.7. The summed E-state index contributed by atoms with van der Waals surface area (Å²) in [6.07, 6.45) is -6.89. The number of para-hydroxylation sites is 1. The van der Waals surface area contributed by atoms with Crippen LogP contribution < -0.4 is 5.11 Å². The van der Waals surface area contributed by atoms with E-state index in [-0.39, 0.29) is 11.3 Å². The quantitative estimate of drug-likeness (QED) is 0.227. The van der Waals surface area contributed by atoms with Crippen molar-refractivity contribution >= 4 is 22.8 Å². The van der Waals surface area contributed by atoms with E-state index in [1.54, 1.807) is 27.9 Å². The van der Waals surface area contributed by atoms with E-state index in [1.165, 1.54) is 0 Å². The van der Waals surface area contributed by atoms with Crippen LogP contribution in [0.1, 0.15) is 25.1 Å². The first kappa shape index (κ1) is 29.2. The van der Waals surface area contributed by atoms with Gasteiger partial charge in [0.25, 0.3) is 5.79 Å². The van der Waals surface area contributed by atoms with Gasteiger partial charge in [-0.2, -0.15) is 17.8 Å². The maximum absolute atomic E-state index is 12.8. The van der Waals surface area contributed by atoms with Gasteiger partial charge in [0.2, 0.25) is 5.60 Å².